The molecular formula is C17H22N2O5. The van der Waals surface area contributed by atoms with Gasteiger partial charge in [-0.05, 0) is 24.6 Å². The van der Waals surface area contributed by atoms with E-state index in [1.54, 1.807) is 30.1 Å². The lowest BCUT2D eigenvalue weighted by Gasteiger charge is -2.37. The number of amides is 2. The lowest BCUT2D eigenvalue weighted by molar-refractivity contribution is -0.122. The van der Waals surface area contributed by atoms with Crippen LogP contribution in [0.2, 0.25) is 0 Å². The van der Waals surface area contributed by atoms with Crippen molar-refractivity contribution in [2.24, 2.45) is 0 Å². The molecular weight excluding hydrogens is 312 g/mol. The first kappa shape index (κ1) is 16.9. The van der Waals surface area contributed by atoms with Gasteiger partial charge in [0.2, 0.25) is 5.91 Å². The van der Waals surface area contributed by atoms with Crippen LogP contribution in [-0.4, -0.2) is 72.0 Å². The zero-order chi connectivity index (χ0) is 17.3. The van der Waals surface area contributed by atoms with Gasteiger partial charge in [-0.2, -0.15) is 0 Å². The first-order chi connectivity index (χ1) is 11.5. The lowest BCUT2D eigenvalue weighted by Crippen LogP contribution is -2.56. The minimum atomic E-state index is -1.05. The highest BCUT2D eigenvalue weighted by molar-refractivity contribution is 5.99. The highest BCUT2D eigenvalue weighted by Crippen LogP contribution is 2.23. The molecule has 0 bridgehead atoms. The summed E-state index contributed by atoms with van der Waals surface area (Å²) in [6.07, 6.45) is -0.703. The Morgan fingerprint density at radius 1 is 1.33 bits per heavy atom. The zero-order valence-corrected chi connectivity index (χ0v) is 13.6. The molecule has 130 valence electrons. The van der Waals surface area contributed by atoms with E-state index >= 15 is 0 Å². The standard InChI is InChI=1S/C17H22N2O5/c1-18(13-9-24-10-14(20)16(13)22)17(23)11-4-2-5-12(8-11)19-7-3-6-15(19)21/h2,4-5,8,13-14,16,20,22H,3,6-7,9-10H2,1H3/t13-,14-,16+/m1/s1. The molecule has 7 nitrogen and oxygen atoms in total. The van der Waals surface area contributed by atoms with Gasteiger partial charge >= 0.3 is 0 Å². The van der Waals surface area contributed by atoms with E-state index in [-0.39, 0.29) is 25.0 Å². The van der Waals surface area contributed by atoms with E-state index in [4.69, 9.17) is 4.74 Å². The van der Waals surface area contributed by atoms with E-state index in [2.05, 4.69) is 0 Å². The van der Waals surface area contributed by atoms with Crippen molar-refractivity contribution >= 4 is 17.5 Å². The molecule has 3 rings (SSSR count). The Kier molecular flexibility index (Phi) is 4.84. The average Bonchev–Trinajstić information content (AvgIpc) is 3.02. The molecule has 2 aliphatic rings. The maximum Gasteiger partial charge on any atom is 0.254 e. The van der Waals surface area contributed by atoms with Gasteiger partial charge in [-0.15, -0.1) is 0 Å². The molecule has 7 heteroatoms. The zero-order valence-electron chi connectivity index (χ0n) is 13.6. The van der Waals surface area contributed by atoms with Crippen molar-refractivity contribution in [2.45, 2.75) is 31.1 Å². The second-order valence-corrected chi connectivity index (χ2v) is 6.28. The van der Waals surface area contributed by atoms with Gasteiger partial charge in [-0.1, -0.05) is 6.07 Å². The molecule has 0 radical (unpaired) electrons. The fourth-order valence-corrected chi connectivity index (χ4v) is 3.19. The van der Waals surface area contributed by atoms with Crippen LogP contribution in [0.4, 0.5) is 5.69 Å². The Morgan fingerprint density at radius 2 is 2.12 bits per heavy atom. The number of ether oxygens (including phenoxy) is 1. The highest BCUT2D eigenvalue weighted by Gasteiger charge is 2.36. The molecule has 24 heavy (non-hydrogen) atoms. The molecule has 2 amide bonds. The van der Waals surface area contributed by atoms with Crippen molar-refractivity contribution in [1.82, 2.24) is 4.90 Å². The third-order valence-corrected chi connectivity index (χ3v) is 4.66. The number of hydrogen-bond donors (Lipinski definition) is 2. The summed E-state index contributed by atoms with van der Waals surface area (Å²) in [5, 5.41) is 19.8. The van der Waals surface area contributed by atoms with E-state index in [9.17, 15) is 19.8 Å². The molecule has 2 saturated heterocycles. The molecule has 2 aliphatic heterocycles. The number of nitrogens with zero attached hydrogens (tertiary/aromatic N) is 2. The largest absolute Gasteiger partial charge is 0.388 e. The monoisotopic (exact) mass is 334 g/mol. The lowest BCUT2D eigenvalue weighted by atomic mass is 10.0. The third-order valence-electron chi connectivity index (χ3n) is 4.66. The Hall–Kier alpha value is -1.96. The van der Waals surface area contributed by atoms with Crippen LogP contribution in [0, 0.1) is 0 Å². The highest BCUT2D eigenvalue weighted by atomic mass is 16.5. The molecule has 2 N–H and O–H groups in total. The molecule has 2 heterocycles. The van der Waals surface area contributed by atoms with Crippen LogP contribution in [0.25, 0.3) is 0 Å². The van der Waals surface area contributed by atoms with E-state index in [1.807, 2.05) is 6.07 Å². The Bertz CT molecular complexity index is 635. The molecule has 0 saturated carbocycles. The van der Waals surface area contributed by atoms with Gasteiger partial charge in [0, 0.05) is 31.3 Å². The number of aliphatic hydroxyl groups is 2. The minimum absolute atomic E-state index is 0.0618. The number of carbonyl (C=O) groups is 2. The second kappa shape index (κ2) is 6.88. The summed E-state index contributed by atoms with van der Waals surface area (Å²) in [6, 6.07) is 6.30. The summed E-state index contributed by atoms with van der Waals surface area (Å²) in [4.78, 5) is 27.7. The predicted molar refractivity (Wildman–Crippen MR) is 86.7 cm³/mol. The number of carbonyl (C=O) groups excluding carboxylic acids is 2. The molecule has 3 atom stereocenters. The van der Waals surface area contributed by atoms with Gasteiger partial charge in [0.25, 0.3) is 5.91 Å². The van der Waals surface area contributed by atoms with Crippen LogP contribution in [-0.2, 0) is 9.53 Å². The van der Waals surface area contributed by atoms with Crippen molar-refractivity contribution in [3.63, 3.8) is 0 Å². The summed E-state index contributed by atoms with van der Waals surface area (Å²) in [7, 11) is 1.57. The quantitative estimate of drug-likeness (QED) is 0.812. The van der Waals surface area contributed by atoms with Crippen molar-refractivity contribution < 1.29 is 24.5 Å². The Morgan fingerprint density at radius 3 is 2.83 bits per heavy atom. The molecule has 0 unspecified atom stereocenters. The smallest absolute Gasteiger partial charge is 0.254 e. The summed E-state index contributed by atoms with van der Waals surface area (Å²) in [5.74, 6) is -0.225. The fraction of sp³-hybridized carbons (Fsp3) is 0.529. The van der Waals surface area contributed by atoms with Crippen molar-refractivity contribution in [1.29, 1.82) is 0 Å². The van der Waals surface area contributed by atoms with Gasteiger partial charge in [0.1, 0.15) is 12.2 Å². The van der Waals surface area contributed by atoms with Gasteiger partial charge in [0.05, 0.1) is 19.3 Å². The Labute approximate surface area is 140 Å². The number of aliphatic hydroxyl groups excluding tert-OH is 2. The number of rotatable bonds is 3. The van der Waals surface area contributed by atoms with Gasteiger partial charge in [-0.3, -0.25) is 9.59 Å². The molecule has 1 aromatic carbocycles. The van der Waals surface area contributed by atoms with Gasteiger partial charge in [0.15, 0.2) is 0 Å². The van der Waals surface area contributed by atoms with Crippen LogP contribution >= 0.6 is 0 Å². The molecule has 2 fully saturated rings. The second-order valence-electron chi connectivity index (χ2n) is 6.28. The summed E-state index contributed by atoms with van der Waals surface area (Å²) >= 11 is 0. The van der Waals surface area contributed by atoms with Gasteiger partial charge in [-0.25, -0.2) is 0 Å². The normalized spacial score (nSPS) is 27.4. The Balaban J connectivity index is 1.78. The summed E-state index contributed by atoms with van der Waals surface area (Å²) < 4.78 is 5.23. The predicted octanol–water partition coefficient (Wildman–Crippen LogP) is 0.00600. The third kappa shape index (κ3) is 3.15. The molecule has 0 aromatic heterocycles. The summed E-state index contributed by atoms with van der Waals surface area (Å²) in [5.41, 5.74) is 1.14. The number of hydrogen-bond acceptors (Lipinski definition) is 5. The number of likely N-dealkylation sites (N-methyl/N-ethyl adjacent to an activating group) is 1. The van der Waals surface area contributed by atoms with Crippen molar-refractivity contribution in [2.75, 3.05) is 31.7 Å². The van der Waals surface area contributed by atoms with E-state index < -0.39 is 18.2 Å². The first-order valence-corrected chi connectivity index (χ1v) is 8.10. The van der Waals surface area contributed by atoms with Crippen LogP contribution in [0.3, 0.4) is 0 Å². The minimum Gasteiger partial charge on any atom is -0.388 e. The molecule has 1 aromatic rings. The molecule has 0 aliphatic carbocycles. The van der Waals surface area contributed by atoms with Crippen molar-refractivity contribution in [3.8, 4) is 0 Å². The van der Waals surface area contributed by atoms with Crippen LogP contribution < -0.4 is 4.90 Å². The summed E-state index contributed by atoms with van der Waals surface area (Å²) in [6.45, 7) is 0.894. The SMILES string of the molecule is CN(C(=O)c1cccc(N2CCCC2=O)c1)[C@@H]1COC[C@@H](O)[C@H]1O. The van der Waals surface area contributed by atoms with Crippen LogP contribution in [0.5, 0.6) is 0 Å². The van der Waals surface area contributed by atoms with Crippen LogP contribution in [0.1, 0.15) is 23.2 Å². The maximum atomic E-state index is 12.7. The van der Waals surface area contributed by atoms with Gasteiger partial charge < -0.3 is 24.7 Å². The number of benzene rings is 1. The fourth-order valence-electron chi connectivity index (χ4n) is 3.19. The van der Waals surface area contributed by atoms with Crippen molar-refractivity contribution in [3.05, 3.63) is 29.8 Å². The first-order valence-electron chi connectivity index (χ1n) is 8.10. The van der Waals surface area contributed by atoms with E-state index in [0.717, 1.165) is 6.42 Å². The van der Waals surface area contributed by atoms with E-state index in [1.165, 1.54) is 4.90 Å². The van der Waals surface area contributed by atoms with Crippen LogP contribution in [0.15, 0.2) is 24.3 Å². The topological polar surface area (TPSA) is 90.3 Å². The molecule has 0 spiro atoms. The maximum absolute atomic E-state index is 12.7. The number of anilines is 1. The van der Waals surface area contributed by atoms with E-state index in [0.29, 0.717) is 24.2 Å². The average molecular weight is 334 g/mol.